The molecule has 0 N–H and O–H groups in total. The zero-order valence-corrected chi connectivity index (χ0v) is 16.7. The Balaban J connectivity index is 2.63. The first-order valence-corrected chi connectivity index (χ1v) is 9.49. The molecule has 0 aliphatic carbocycles. The van der Waals surface area contributed by atoms with Crippen LogP contribution in [-0.4, -0.2) is 0 Å². The average Bonchev–Trinajstić information content (AvgIpc) is 2.61. The molecule has 0 radical (unpaired) electrons. The molecule has 132 valence electrons. The fraction of sp³-hybridized carbons (Fsp3) is 0.360. The first-order valence-electron chi connectivity index (χ1n) is 9.49. The van der Waals surface area contributed by atoms with Gasteiger partial charge in [-0.3, -0.25) is 0 Å². The highest BCUT2D eigenvalue weighted by molar-refractivity contribution is 5.87. The predicted molar refractivity (Wildman–Crippen MR) is 114 cm³/mol. The lowest BCUT2D eigenvalue weighted by Gasteiger charge is -2.16. The smallest absolute Gasteiger partial charge is 0.0149 e. The quantitative estimate of drug-likeness (QED) is 0.478. The number of benzene rings is 2. The van der Waals surface area contributed by atoms with Crippen molar-refractivity contribution in [2.75, 3.05) is 0 Å². The van der Waals surface area contributed by atoms with Crippen LogP contribution in [0.2, 0.25) is 0 Å². The number of aryl methyl sites for hydroxylation is 2. The molecule has 0 saturated carbocycles. The summed E-state index contributed by atoms with van der Waals surface area (Å²) in [6, 6.07) is 15.6. The van der Waals surface area contributed by atoms with Gasteiger partial charge in [0.25, 0.3) is 0 Å². The highest BCUT2D eigenvalue weighted by Gasteiger charge is 2.10. The second kappa shape index (κ2) is 8.85. The third-order valence-corrected chi connectivity index (χ3v) is 4.83. The summed E-state index contributed by atoms with van der Waals surface area (Å²) < 4.78 is 0. The summed E-state index contributed by atoms with van der Waals surface area (Å²) in [6.45, 7) is 13.4. The monoisotopic (exact) mass is 332 g/mol. The lowest BCUT2D eigenvalue weighted by Crippen LogP contribution is -1.96. The van der Waals surface area contributed by atoms with E-state index >= 15 is 0 Å². The van der Waals surface area contributed by atoms with Gasteiger partial charge in [0, 0.05) is 0 Å². The Morgan fingerprint density at radius 3 is 2.44 bits per heavy atom. The summed E-state index contributed by atoms with van der Waals surface area (Å²) in [5, 5.41) is 0. The summed E-state index contributed by atoms with van der Waals surface area (Å²) >= 11 is 0. The molecule has 0 spiro atoms. The second-order valence-electron chi connectivity index (χ2n) is 7.33. The van der Waals surface area contributed by atoms with Crippen molar-refractivity contribution >= 4 is 17.2 Å². The summed E-state index contributed by atoms with van der Waals surface area (Å²) in [7, 11) is 0. The molecule has 0 aromatic heterocycles. The minimum atomic E-state index is 0.631. The molecule has 0 aliphatic rings. The van der Waals surface area contributed by atoms with E-state index in [1.54, 1.807) is 0 Å². The molecule has 0 heteroatoms. The van der Waals surface area contributed by atoms with Crippen molar-refractivity contribution in [3.8, 4) is 0 Å². The van der Waals surface area contributed by atoms with Crippen LogP contribution in [0.15, 0.2) is 48.5 Å². The Hall–Kier alpha value is -2.08. The molecule has 0 nitrogen and oxygen atoms in total. The molecule has 0 amide bonds. The zero-order chi connectivity index (χ0) is 18.4. The van der Waals surface area contributed by atoms with Gasteiger partial charge in [0.2, 0.25) is 0 Å². The van der Waals surface area contributed by atoms with E-state index in [-0.39, 0.29) is 0 Å². The molecule has 2 aromatic rings. The van der Waals surface area contributed by atoms with E-state index in [4.69, 9.17) is 0 Å². The number of hydrogen-bond acceptors (Lipinski definition) is 0. The minimum Gasteiger partial charge on any atom is -0.0841 e. The molecule has 2 aromatic carbocycles. The van der Waals surface area contributed by atoms with E-state index < -0.39 is 0 Å². The Morgan fingerprint density at radius 2 is 1.80 bits per heavy atom. The van der Waals surface area contributed by atoms with Crippen LogP contribution < -0.4 is 0 Å². The molecular weight excluding hydrogens is 300 g/mol. The van der Waals surface area contributed by atoms with E-state index in [0.717, 1.165) is 12.8 Å². The summed E-state index contributed by atoms with van der Waals surface area (Å²) in [5.74, 6) is 0.631. The van der Waals surface area contributed by atoms with Crippen LogP contribution in [0.25, 0.3) is 17.2 Å². The van der Waals surface area contributed by atoms with Crippen LogP contribution in [0.4, 0.5) is 0 Å². The molecular formula is C25H32. The van der Waals surface area contributed by atoms with Gasteiger partial charge in [0.1, 0.15) is 0 Å². The standard InChI is InChI=1S/C25H32/c1-7-19(5)24-14-9-11-20(6)25(24)17-23(15-18(3)4)22-13-10-12-21(8-2)16-22/h7,9-14,16-18H,8,15H2,1-6H3/b19-7-,23-17-. The van der Waals surface area contributed by atoms with Gasteiger partial charge in [-0.1, -0.05) is 75.4 Å². The van der Waals surface area contributed by atoms with Gasteiger partial charge in [-0.05, 0) is 78.5 Å². The van der Waals surface area contributed by atoms with Crippen molar-refractivity contribution in [3.63, 3.8) is 0 Å². The van der Waals surface area contributed by atoms with Crippen LogP contribution in [-0.2, 0) is 6.42 Å². The lowest BCUT2D eigenvalue weighted by molar-refractivity contribution is 0.674. The number of rotatable bonds is 6. The summed E-state index contributed by atoms with van der Waals surface area (Å²) in [5.41, 5.74) is 9.57. The minimum absolute atomic E-state index is 0.631. The van der Waals surface area contributed by atoms with Gasteiger partial charge >= 0.3 is 0 Å². The molecule has 2 rings (SSSR count). The summed E-state index contributed by atoms with van der Waals surface area (Å²) in [6.07, 6.45) is 6.80. The highest BCUT2D eigenvalue weighted by atomic mass is 14.1. The van der Waals surface area contributed by atoms with Crippen molar-refractivity contribution in [1.29, 1.82) is 0 Å². The Bertz CT molecular complexity index is 772. The maximum atomic E-state index is 2.42. The van der Waals surface area contributed by atoms with Crippen LogP contribution in [0.5, 0.6) is 0 Å². The average molecular weight is 333 g/mol. The van der Waals surface area contributed by atoms with E-state index in [1.807, 2.05) is 0 Å². The zero-order valence-electron chi connectivity index (χ0n) is 16.7. The van der Waals surface area contributed by atoms with Crippen molar-refractivity contribution in [2.45, 2.75) is 54.4 Å². The van der Waals surface area contributed by atoms with E-state index in [9.17, 15) is 0 Å². The maximum absolute atomic E-state index is 2.42. The van der Waals surface area contributed by atoms with Crippen molar-refractivity contribution in [1.82, 2.24) is 0 Å². The number of allylic oxidation sites excluding steroid dienone is 3. The lowest BCUT2D eigenvalue weighted by atomic mass is 9.89. The van der Waals surface area contributed by atoms with Crippen molar-refractivity contribution < 1.29 is 0 Å². The first-order chi connectivity index (χ1) is 12.0. The van der Waals surface area contributed by atoms with E-state index in [1.165, 1.54) is 39.0 Å². The molecule has 0 aliphatic heterocycles. The Kier molecular flexibility index (Phi) is 6.82. The third-order valence-electron chi connectivity index (χ3n) is 4.83. The molecule has 0 unspecified atom stereocenters. The normalized spacial score (nSPS) is 12.8. The van der Waals surface area contributed by atoms with Crippen molar-refractivity contribution in [3.05, 3.63) is 76.4 Å². The van der Waals surface area contributed by atoms with Gasteiger partial charge in [-0.15, -0.1) is 0 Å². The molecule has 25 heavy (non-hydrogen) atoms. The van der Waals surface area contributed by atoms with Crippen molar-refractivity contribution in [2.24, 2.45) is 5.92 Å². The third kappa shape index (κ3) is 4.95. The van der Waals surface area contributed by atoms with Crippen LogP contribution in [0.3, 0.4) is 0 Å². The fourth-order valence-corrected chi connectivity index (χ4v) is 3.24. The fourth-order valence-electron chi connectivity index (χ4n) is 3.24. The van der Waals surface area contributed by atoms with Gasteiger partial charge in [0.05, 0.1) is 0 Å². The molecule has 0 bridgehead atoms. The molecule has 0 saturated heterocycles. The van der Waals surface area contributed by atoms with Gasteiger partial charge in [-0.25, -0.2) is 0 Å². The molecule has 0 atom stereocenters. The van der Waals surface area contributed by atoms with Gasteiger partial charge in [0.15, 0.2) is 0 Å². The Labute approximate surface area is 154 Å². The van der Waals surface area contributed by atoms with Crippen LogP contribution >= 0.6 is 0 Å². The topological polar surface area (TPSA) is 0 Å². The summed E-state index contributed by atoms with van der Waals surface area (Å²) in [4.78, 5) is 0. The van der Waals surface area contributed by atoms with E-state index in [2.05, 4.69) is 96.2 Å². The Morgan fingerprint density at radius 1 is 1.08 bits per heavy atom. The second-order valence-corrected chi connectivity index (χ2v) is 7.33. The predicted octanol–water partition coefficient (Wildman–Crippen LogP) is 7.57. The van der Waals surface area contributed by atoms with Crippen LogP contribution in [0, 0.1) is 12.8 Å². The maximum Gasteiger partial charge on any atom is -0.0149 e. The van der Waals surface area contributed by atoms with Crippen LogP contribution in [0.1, 0.15) is 68.9 Å². The number of hydrogen-bond donors (Lipinski definition) is 0. The molecule has 0 fully saturated rings. The first kappa shape index (κ1) is 19.2. The SMILES string of the molecule is C/C=C(/C)c1cccc(C)c1/C=C(/CC(C)C)c1cccc(CC)c1. The highest BCUT2D eigenvalue weighted by Crippen LogP contribution is 2.30. The molecule has 0 heterocycles. The van der Waals surface area contributed by atoms with Gasteiger partial charge < -0.3 is 0 Å². The van der Waals surface area contributed by atoms with Gasteiger partial charge in [-0.2, -0.15) is 0 Å². The largest absolute Gasteiger partial charge is 0.0841 e. The van der Waals surface area contributed by atoms with E-state index in [0.29, 0.717) is 5.92 Å².